The summed E-state index contributed by atoms with van der Waals surface area (Å²) in [5, 5.41) is 13.5. The lowest BCUT2D eigenvalue weighted by molar-refractivity contribution is -0.164. The van der Waals surface area contributed by atoms with Crippen LogP contribution in [0, 0.1) is 5.92 Å². The average molecular weight is 323 g/mol. The van der Waals surface area contributed by atoms with Crippen LogP contribution < -0.4 is 0 Å². The van der Waals surface area contributed by atoms with Crippen LogP contribution in [0.15, 0.2) is 35.4 Å². The van der Waals surface area contributed by atoms with E-state index in [2.05, 4.69) is 10.0 Å². The summed E-state index contributed by atoms with van der Waals surface area (Å²) in [4.78, 5) is 2.93. The molecular weight excluding hydrogens is 302 g/mol. The number of ether oxygens (including phenoxy) is 2. The molecule has 1 fully saturated rings. The fourth-order valence-electron chi connectivity index (χ4n) is 2.70. The van der Waals surface area contributed by atoms with E-state index in [1.807, 2.05) is 43.5 Å². The molecule has 22 heavy (non-hydrogen) atoms. The highest BCUT2D eigenvalue weighted by molar-refractivity contribution is 7.99. The maximum atomic E-state index is 9.59. The Bertz CT molecular complexity index is 510. The Hall–Kier alpha value is -1.24. The standard InChI is InChI=1S/C15H21N3O3S/c1-10-13(17-18-16)15(22-2)21-12(8-19)14(10)20-9-11-6-4-3-5-7-11/h3-7,10,12-15,19H,8-9H2,1-2H3/t10-,12?,13-,14-,15?/m1/s1. The molecule has 0 radical (unpaired) electrons. The van der Waals surface area contributed by atoms with Gasteiger partial charge in [0, 0.05) is 4.91 Å². The van der Waals surface area contributed by atoms with Gasteiger partial charge in [-0.25, -0.2) is 0 Å². The molecule has 1 aromatic carbocycles. The molecule has 5 atom stereocenters. The molecule has 0 spiro atoms. The topological polar surface area (TPSA) is 87.5 Å². The first kappa shape index (κ1) is 17.1. The molecular formula is C15H21N3O3S. The van der Waals surface area contributed by atoms with Crippen LogP contribution in [0.2, 0.25) is 0 Å². The lowest BCUT2D eigenvalue weighted by Crippen LogP contribution is -2.53. The van der Waals surface area contributed by atoms with Crippen molar-refractivity contribution in [2.45, 2.75) is 37.2 Å². The third-order valence-corrected chi connectivity index (χ3v) is 4.75. The summed E-state index contributed by atoms with van der Waals surface area (Å²) in [5.74, 6) is -0.0389. The Morgan fingerprint density at radius 1 is 1.41 bits per heavy atom. The third-order valence-electron chi connectivity index (χ3n) is 3.89. The molecule has 1 aliphatic rings. The van der Waals surface area contributed by atoms with E-state index >= 15 is 0 Å². The molecule has 1 aliphatic heterocycles. The molecule has 0 saturated carbocycles. The van der Waals surface area contributed by atoms with Gasteiger partial charge in [0.25, 0.3) is 0 Å². The van der Waals surface area contributed by atoms with Crippen molar-refractivity contribution in [3.8, 4) is 0 Å². The molecule has 120 valence electrons. The number of aliphatic hydroxyl groups excluding tert-OH is 1. The van der Waals surface area contributed by atoms with E-state index in [9.17, 15) is 5.11 Å². The van der Waals surface area contributed by atoms with E-state index in [1.54, 1.807) is 0 Å². The second-order valence-electron chi connectivity index (χ2n) is 5.28. The first-order valence-corrected chi connectivity index (χ1v) is 8.49. The van der Waals surface area contributed by atoms with Crippen molar-refractivity contribution in [3.63, 3.8) is 0 Å². The van der Waals surface area contributed by atoms with E-state index in [-0.39, 0.29) is 30.1 Å². The molecule has 0 bridgehead atoms. The number of rotatable bonds is 6. The monoisotopic (exact) mass is 323 g/mol. The Balaban J connectivity index is 2.10. The smallest absolute Gasteiger partial charge is 0.112 e. The van der Waals surface area contributed by atoms with Gasteiger partial charge in [0.15, 0.2) is 0 Å². The van der Waals surface area contributed by atoms with Gasteiger partial charge in [-0.3, -0.25) is 0 Å². The van der Waals surface area contributed by atoms with Crippen LogP contribution in [0.25, 0.3) is 10.4 Å². The van der Waals surface area contributed by atoms with E-state index in [0.29, 0.717) is 6.61 Å². The van der Waals surface area contributed by atoms with E-state index < -0.39 is 6.10 Å². The van der Waals surface area contributed by atoms with Gasteiger partial charge in [0.05, 0.1) is 25.4 Å². The molecule has 7 heteroatoms. The fraction of sp³-hybridized carbons (Fsp3) is 0.600. The summed E-state index contributed by atoms with van der Waals surface area (Å²) < 4.78 is 11.8. The zero-order chi connectivity index (χ0) is 15.9. The van der Waals surface area contributed by atoms with Crippen molar-refractivity contribution in [1.29, 1.82) is 0 Å². The molecule has 1 saturated heterocycles. The summed E-state index contributed by atoms with van der Waals surface area (Å²) in [6, 6.07) is 9.51. The average Bonchev–Trinajstić information content (AvgIpc) is 2.56. The van der Waals surface area contributed by atoms with Gasteiger partial charge in [-0.15, -0.1) is 11.8 Å². The summed E-state index contributed by atoms with van der Waals surface area (Å²) in [6.45, 7) is 2.29. The Labute approximate surface area is 134 Å². The first-order valence-electron chi connectivity index (χ1n) is 7.20. The van der Waals surface area contributed by atoms with E-state index in [4.69, 9.17) is 15.0 Å². The van der Waals surface area contributed by atoms with Crippen LogP contribution in [0.5, 0.6) is 0 Å². The minimum Gasteiger partial charge on any atom is -0.394 e. The lowest BCUT2D eigenvalue weighted by Gasteiger charge is -2.43. The largest absolute Gasteiger partial charge is 0.394 e. The van der Waals surface area contributed by atoms with Crippen LogP contribution >= 0.6 is 11.8 Å². The van der Waals surface area contributed by atoms with Gasteiger partial charge in [-0.05, 0) is 23.3 Å². The number of aliphatic hydroxyl groups is 1. The minimum atomic E-state index is -0.415. The Kier molecular flexibility index (Phi) is 6.54. The number of nitrogens with zero attached hydrogens (tertiary/aromatic N) is 3. The lowest BCUT2D eigenvalue weighted by atomic mass is 9.90. The number of hydrogen-bond acceptors (Lipinski definition) is 5. The molecule has 1 N–H and O–H groups in total. The molecule has 1 aromatic rings. The van der Waals surface area contributed by atoms with E-state index in [1.165, 1.54) is 11.8 Å². The second kappa shape index (κ2) is 8.41. The predicted octanol–water partition coefficient (Wildman–Crippen LogP) is 2.97. The molecule has 2 rings (SSSR count). The van der Waals surface area contributed by atoms with Gasteiger partial charge in [-0.1, -0.05) is 42.4 Å². The number of azide groups is 1. The maximum Gasteiger partial charge on any atom is 0.112 e. The molecule has 1 heterocycles. The maximum absolute atomic E-state index is 9.59. The fourth-order valence-corrected chi connectivity index (χ4v) is 3.53. The normalized spacial score (nSPS) is 31.5. The Morgan fingerprint density at radius 3 is 2.73 bits per heavy atom. The molecule has 0 amide bonds. The van der Waals surface area contributed by atoms with Gasteiger partial charge in [0.1, 0.15) is 11.5 Å². The van der Waals surface area contributed by atoms with Crippen LogP contribution in [0.3, 0.4) is 0 Å². The Morgan fingerprint density at radius 2 is 2.14 bits per heavy atom. The van der Waals surface area contributed by atoms with Crippen LogP contribution in [0.1, 0.15) is 12.5 Å². The van der Waals surface area contributed by atoms with Crippen molar-refractivity contribution in [2.75, 3.05) is 12.9 Å². The van der Waals surface area contributed by atoms with Crippen LogP contribution in [-0.2, 0) is 16.1 Å². The summed E-state index contributed by atoms with van der Waals surface area (Å²) >= 11 is 1.48. The van der Waals surface area contributed by atoms with Crippen molar-refractivity contribution in [2.24, 2.45) is 11.0 Å². The van der Waals surface area contributed by atoms with Gasteiger partial charge >= 0.3 is 0 Å². The van der Waals surface area contributed by atoms with E-state index in [0.717, 1.165) is 5.56 Å². The SMILES string of the molecule is CSC1OC(CO)[C@H](OCc2ccccc2)[C@H](C)[C@H]1N=[N+]=[N-]. The summed E-state index contributed by atoms with van der Waals surface area (Å²) in [5.41, 5.74) is 9.56. The van der Waals surface area contributed by atoms with Crippen molar-refractivity contribution in [3.05, 3.63) is 46.3 Å². The van der Waals surface area contributed by atoms with Gasteiger partial charge in [-0.2, -0.15) is 0 Å². The van der Waals surface area contributed by atoms with Gasteiger partial charge in [0.2, 0.25) is 0 Å². The predicted molar refractivity (Wildman–Crippen MR) is 86.4 cm³/mol. The summed E-state index contributed by atoms with van der Waals surface area (Å²) in [6.07, 6.45) is 1.17. The summed E-state index contributed by atoms with van der Waals surface area (Å²) in [7, 11) is 0. The number of thioether (sulfide) groups is 1. The highest BCUT2D eigenvalue weighted by Crippen LogP contribution is 2.35. The zero-order valence-corrected chi connectivity index (χ0v) is 13.5. The van der Waals surface area contributed by atoms with Crippen molar-refractivity contribution >= 4 is 11.8 Å². The van der Waals surface area contributed by atoms with Gasteiger partial charge < -0.3 is 14.6 Å². The quantitative estimate of drug-likeness (QED) is 0.495. The number of hydrogen-bond donors (Lipinski definition) is 1. The molecule has 6 nitrogen and oxygen atoms in total. The molecule has 0 aliphatic carbocycles. The third kappa shape index (κ3) is 3.94. The van der Waals surface area contributed by atoms with Crippen LogP contribution in [0.4, 0.5) is 0 Å². The highest BCUT2D eigenvalue weighted by atomic mass is 32.2. The molecule has 0 aromatic heterocycles. The second-order valence-corrected chi connectivity index (χ2v) is 6.21. The van der Waals surface area contributed by atoms with Crippen LogP contribution in [-0.4, -0.2) is 41.7 Å². The first-order chi connectivity index (χ1) is 10.7. The molecule has 2 unspecified atom stereocenters. The van der Waals surface area contributed by atoms with Crippen molar-refractivity contribution < 1.29 is 14.6 Å². The highest BCUT2D eigenvalue weighted by Gasteiger charge is 2.43. The minimum absolute atomic E-state index is 0.0389. The number of benzene rings is 1. The zero-order valence-electron chi connectivity index (χ0n) is 12.7. The van der Waals surface area contributed by atoms with Crippen molar-refractivity contribution in [1.82, 2.24) is 0 Å².